The minimum Gasteiger partial charge on any atom is -0.491 e. The molecular weight excluding hydrogens is 525 g/mol. The van der Waals surface area contributed by atoms with Crippen LogP contribution in [-0.4, -0.2) is 57.8 Å². The summed E-state index contributed by atoms with van der Waals surface area (Å²) >= 11 is 0. The Morgan fingerprint density at radius 1 is 1.08 bits per heavy atom. The first-order valence-electron chi connectivity index (χ1n) is 11.1. The van der Waals surface area contributed by atoms with E-state index in [9.17, 15) is 22.8 Å². The van der Waals surface area contributed by atoms with E-state index in [-0.39, 0.29) is 31.3 Å². The van der Waals surface area contributed by atoms with Crippen molar-refractivity contribution in [2.24, 2.45) is 5.73 Å². The molecule has 0 unspecified atom stereocenters. The molecule has 0 aliphatic heterocycles. The van der Waals surface area contributed by atoms with Gasteiger partial charge in [0.1, 0.15) is 18.2 Å². The molecule has 3 aromatic rings. The maximum absolute atomic E-state index is 12.6. The van der Waals surface area contributed by atoms with Crippen molar-refractivity contribution in [1.29, 1.82) is 5.41 Å². The molecule has 39 heavy (non-hydrogen) atoms. The third-order valence-corrected chi connectivity index (χ3v) is 4.93. The molecule has 9 N–H and O–H groups in total. The Morgan fingerprint density at radius 2 is 1.72 bits per heavy atom. The number of carbonyl (C=O) groups excluding carboxylic acids is 1. The van der Waals surface area contributed by atoms with Crippen molar-refractivity contribution in [3.8, 4) is 5.75 Å². The number of rotatable bonds is 9. The van der Waals surface area contributed by atoms with Gasteiger partial charge in [0.05, 0.1) is 6.04 Å². The Hall–Kier alpha value is -5.08. The molecular formula is C24H25F3N6O6. The molecule has 1 amide bonds. The number of amides is 1. The minimum atomic E-state index is -5.08. The number of aliphatic carboxylic acids is 2. The lowest BCUT2D eigenvalue weighted by Crippen LogP contribution is -2.39. The highest BCUT2D eigenvalue weighted by Gasteiger charge is 2.38. The number of hydrogen-bond acceptors (Lipinski definition) is 7. The number of hydrogen-bond donors (Lipinski definition) is 7. The summed E-state index contributed by atoms with van der Waals surface area (Å²) in [6, 6.07) is 13.1. The highest BCUT2D eigenvalue weighted by Crippen LogP contribution is 2.24. The van der Waals surface area contributed by atoms with Crippen LogP contribution in [0.5, 0.6) is 5.75 Å². The third kappa shape index (κ3) is 10.1. The van der Waals surface area contributed by atoms with Gasteiger partial charge in [-0.1, -0.05) is 6.07 Å². The van der Waals surface area contributed by atoms with Crippen LogP contribution in [0.15, 0.2) is 54.7 Å². The number of nitrogens with one attached hydrogen (secondary N) is 3. The number of nitrogens with two attached hydrogens (primary N) is 2. The van der Waals surface area contributed by atoms with Gasteiger partial charge < -0.3 is 37.1 Å². The summed E-state index contributed by atoms with van der Waals surface area (Å²) in [5.41, 5.74) is 12.2. The van der Waals surface area contributed by atoms with E-state index in [0.29, 0.717) is 22.8 Å². The smallest absolute Gasteiger partial charge is 0.490 e. The van der Waals surface area contributed by atoms with Crippen LogP contribution in [0.1, 0.15) is 23.2 Å². The van der Waals surface area contributed by atoms with Gasteiger partial charge in [0.15, 0.2) is 5.96 Å². The van der Waals surface area contributed by atoms with Crippen LogP contribution in [0.4, 0.5) is 24.7 Å². The predicted molar refractivity (Wildman–Crippen MR) is 135 cm³/mol. The molecule has 1 heterocycles. The quantitative estimate of drug-likeness (QED) is 0.153. The number of aromatic nitrogens is 1. The van der Waals surface area contributed by atoms with Gasteiger partial charge in [-0.15, -0.1) is 0 Å². The largest absolute Gasteiger partial charge is 0.491 e. The Morgan fingerprint density at radius 3 is 2.28 bits per heavy atom. The molecule has 0 aliphatic carbocycles. The number of nitrogens with zero attached hydrogens (tertiary/aromatic N) is 1. The fourth-order valence-electron chi connectivity index (χ4n) is 3.08. The number of pyridine rings is 1. The summed E-state index contributed by atoms with van der Waals surface area (Å²) in [4.78, 5) is 36.6. The Balaban J connectivity index is 0.000000673. The van der Waals surface area contributed by atoms with E-state index in [4.69, 9.17) is 36.6 Å². The van der Waals surface area contributed by atoms with Gasteiger partial charge in [-0.3, -0.25) is 15.0 Å². The first-order chi connectivity index (χ1) is 18.3. The topological polar surface area (TPSA) is 214 Å². The summed E-state index contributed by atoms with van der Waals surface area (Å²) in [5, 5.41) is 30.5. The number of halogens is 3. The van der Waals surface area contributed by atoms with Gasteiger partial charge in [-0.05, 0) is 54.3 Å². The Kier molecular flexibility index (Phi) is 10.4. The van der Waals surface area contributed by atoms with E-state index in [1.165, 1.54) is 0 Å². The maximum atomic E-state index is 12.6. The lowest BCUT2D eigenvalue weighted by atomic mass is 10.1. The molecule has 0 aliphatic rings. The van der Waals surface area contributed by atoms with E-state index in [2.05, 4.69) is 15.6 Å². The number of anilines is 2. The van der Waals surface area contributed by atoms with Crippen LogP contribution in [-0.2, 0) is 9.59 Å². The summed E-state index contributed by atoms with van der Waals surface area (Å²) in [6.07, 6.45) is -3.38. The van der Waals surface area contributed by atoms with Crippen molar-refractivity contribution in [1.82, 2.24) is 10.3 Å². The maximum Gasteiger partial charge on any atom is 0.490 e. The van der Waals surface area contributed by atoms with Crippen LogP contribution >= 0.6 is 0 Å². The molecule has 0 fully saturated rings. The zero-order valence-corrected chi connectivity index (χ0v) is 20.2. The molecule has 0 saturated carbocycles. The zero-order valence-electron chi connectivity index (χ0n) is 20.2. The molecule has 0 spiro atoms. The van der Waals surface area contributed by atoms with Crippen LogP contribution in [0, 0.1) is 5.41 Å². The highest BCUT2D eigenvalue weighted by atomic mass is 19.4. The van der Waals surface area contributed by atoms with Crippen molar-refractivity contribution in [2.75, 3.05) is 17.7 Å². The van der Waals surface area contributed by atoms with Crippen molar-refractivity contribution >= 4 is 46.1 Å². The zero-order chi connectivity index (χ0) is 29.2. The van der Waals surface area contributed by atoms with Crippen LogP contribution in [0.2, 0.25) is 0 Å². The van der Waals surface area contributed by atoms with E-state index in [1.54, 1.807) is 42.6 Å². The van der Waals surface area contributed by atoms with Crippen molar-refractivity contribution < 1.29 is 42.5 Å². The second-order valence-electron chi connectivity index (χ2n) is 7.91. The molecule has 2 aromatic carbocycles. The lowest BCUT2D eigenvalue weighted by molar-refractivity contribution is -0.192. The summed E-state index contributed by atoms with van der Waals surface area (Å²) in [5.74, 6) is -3.39. The number of ether oxygens (including phenoxy) is 1. The molecule has 12 nitrogen and oxygen atoms in total. The normalized spacial score (nSPS) is 11.5. The van der Waals surface area contributed by atoms with Gasteiger partial charge in [0.2, 0.25) is 0 Å². The monoisotopic (exact) mass is 550 g/mol. The molecule has 3 rings (SSSR count). The fraction of sp³-hybridized carbons (Fsp3) is 0.208. The second kappa shape index (κ2) is 13.5. The van der Waals surface area contributed by atoms with Gasteiger partial charge in [0.25, 0.3) is 5.91 Å². The van der Waals surface area contributed by atoms with Gasteiger partial charge in [-0.25, -0.2) is 9.78 Å². The number of carboxylic acids is 2. The van der Waals surface area contributed by atoms with E-state index >= 15 is 0 Å². The molecule has 0 saturated heterocycles. The molecule has 15 heteroatoms. The minimum absolute atomic E-state index is 0.0780. The first-order valence-corrected chi connectivity index (χ1v) is 11.1. The fourth-order valence-corrected chi connectivity index (χ4v) is 3.08. The summed E-state index contributed by atoms with van der Waals surface area (Å²) in [6.45, 7) is 0.0780. The van der Waals surface area contributed by atoms with E-state index in [0.717, 1.165) is 10.8 Å². The number of carboxylic acid groups (broad SMARTS) is 2. The van der Waals surface area contributed by atoms with Gasteiger partial charge >= 0.3 is 18.1 Å². The molecule has 0 radical (unpaired) electrons. The Bertz CT molecular complexity index is 1330. The van der Waals surface area contributed by atoms with E-state index in [1.807, 2.05) is 12.1 Å². The average molecular weight is 550 g/mol. The number of fused-ring (bicyclic) bond motifs is 1. The standard InChI is InChI=1S/C22H24N6O4.C2HF3O2/c23-20-18-11-17(7-3-13(18)9-10-26-20)32-12-16(6-8-19(29)30)27-21(31)14-1-4-15(5-2-14)28-22(24)25;3-2(4,5)1(6)7/h1-5,7,9-11,16H,6,8,12H2,(H2,23,26)(H,27,31)(H,29,30)(H4,24,25,28);(H,6,7)/t16-;/m1./s1. The molecule has 1 atom stereocenters. The number of guanidine groups is 1. The first kappa shape index (κ1) is 30.1. The number of nitrogen functional groups attached to an aromatic ring is 1. The van der Waals surface area contributed by atoms with Crippen molar-refractivity contribution in [2.45, 2.75) is 25.1 Å². The van der Waals surface area contributed by atoms with Gasteiger partial charge in [-0.2, -0.15) is 13.2 Å². The summed E-state index contributed by atoms with van der Waals surface area (Å²) in [7, 11) is 0. The molecule has 208 valence electrons. The second-order valence-corrected chi connectivity index (χ2v) is 7.91. The number of carbonyl (C=O) groups is 3. The SMILES string of the molecule is N=C(N)Nc1ccc(C(=O)N[C@H](CCC(=O)O)COc2ccc3ccnc(N)c3c2)cc1.O=C(O)C(F)(F)F. The van der Waals surface area contributed by atoms with E-state index < -0.39 is 24.2 Å². The molecule has 0 bridgehead atoms. The average Bonchev–Trinajstić information content (AvgIpc) is 2.85. The predicted octanol–water partition coefficient (Wildman–Crippen LogP) is 2.80. The summed E-state index contributed by atoms with van der Waals surface area (Å²) < 4.78 is 37.6. The molecule has 1 aromatic heterocycles. The van der Waals surface area contributed by atoms with Crippen LogP contribution < -0.4 is 26.8 Å². The number of benzene rings is 2. The Labute approximate surface area is 219 Å². The highest BCUT2D eigenvalue weighted by molar-refractivity contribution is 5.96. The van der Waals surface area contributed by atoms with Crippen LogP contribution in [0.3, 0.4) is 0 Å². The van der Waals surface area contributed by atoms with Gasteiger partial charge in [0, 0.05) is 29.3 Å². The van der Waals surface area contributed by atoms with Crippen LogP contribution in [0.25, 0.3) is 10.8 Å². The number of alkyl halides is 3. The van der Waals surface area contributed by atoms with Crippen molar-refractivity contribution in [3.63, 3.8) is 0 Å². The lowest BCUT2D eigenvalue weighted by Gasteiger charge is -2.19. The third-order valence-electron chi connectivity index (χ3n) is 4.93. The van der Waals surface area contributed by atoms with Crippen molar-refractivity contribution in [3.05, 3.63) is 60.3 Å².